The maximum absolute atomic E-state index is 12.5. The topological polar surface area (TPSA) is 37.1 Å². The summed E-state index contributed by atoms with van der Waals surface area (Å²) >= 11 is 7.00. The van der Waals surface area contributed by atoms with Crippen molar-refractivity contribution in [2.45, 2.75) is 6.18 Å². The van der Waals surface area contributed by atoms with Crippen molar-refractivity contribution in [3.05, 3.63) is 28.8 Å². The van der Waals surface area contributed by atoms with Gasteiger partial charge in [0.05, 0.1) is 22.8 Å². The Hall–Kier alpha value is -1.08. The van der Waals surface area contributed by atoms with Crippen LogP contribution in [0.25, 0.3) is 0 Å². The Morgan fingerprint density at radius 3 is 2.61 bits per heavy atom. The summed E-state index contributed by atoms with van der Waals surface area (Å²) in [6, 6.07) is 3.24. The summed E-state index contributed by atoms with van der Waals surface area (Å²) in [6.07, 6.45) is -4.46. The van der Waals surface area contributed by atoms with Gasteiger partial charge in [-0.05, 0) is 18.2 Å². The Morgan fingerprint density at radius 2 is 2.06 bits per heavy atom. The zero-order valence-corrected chi connectivity index (χ0v) is 10.5. The van der Waals surface area contributed by atoms with Crippen molar-refractivity contribution in [3.63, 3.8) is 0 Å². The normalized spacial score (nSPS) is 16.3. The first kappa shape index (κ1) is 13.4. The summed E-state index contributed by atoms with van der Waals surface area (Å²) in [5.41, 5.74) is -0.612. The molecule has 0 radical (unpaired) electrons. The zero-order chi connectivity index (χ0) is 13.2. The molecule has 0 spiro atoms. The fourth-order valence-corrected chi connectivity index (χ4v) is 2.21. The van der Waals surface area contributed by atoms with Crippen LogP contribution in [0, 0.1) is 0 Å². The van der Waals surface area contributed by atoms with Crippen molar-refractivity contribution in [1.82, 2.24) is 0 Å². The van der Waals surface area contributed by atoms with Crippen molar-refractivity contribution in [1.29, 1.82) is 0 Å². The lowest BCUT2D eigenvalue weighted by Gasteiger charge is -2.08. The number of nitrogens with zero attached hydrogens (tertiary/aromatic N) is 3. The van der Waals surface area contributed by atoms with Gasteiger partial charge in [0.1, 0.15) is 0 Å². The molecule has 1 aromatic carbocycles. The molecule has 1 heterocycles. The lowest BCUT2D eigenvalue weighted by atomic mass is 10.2. The molecule has 18 heavy (non-hydrogen) atoms. The molecular formula is C10H7ClF3N3S. The number of halogens is 4. The Labute approximate surface area is 110 Å². The molecule has 0 aromatic heterocycles. The average molecular weight is 294 g/mol. The van der Waals surface area contributed by atoms with Crippen molar-refractivity contribution in [2.24, 2.45) is 15.2 Å². The number of aliphatic imine (C=N–C) groups is 1. The summed E-state index contributed by atoms with van der Waals surface area (Å²) in [5, 5.41) is 7.76. The molecule has 0 N–H and O–H groups in total. The summed E-state index contributed by atoms with van der Waals surface area (Å²) in [5.74, 6) is 0.849. The quantitative estimate of drug-likeness (QED) is 0.700. The third kappa shape index (κ3) is 3.23. The predicted octanol–water partition coefficient (Wildman–Crippen LogP) is 4.55. The van der Waals surface area contributed by atoms with E-state index in [-0.39, 0.29) is 10.7 Å². The largest absolute Gasteiger partial charge is 0.417 e. The number of benzene rings is 1. The van der Waals surface area contributed by atoms with Crippen LogP contribution in [0.5, 0.6) is 0 Å². The second-order valence-corrected chi connectivity index (χ2v) is 4.84. The lowest BCUT2D eigenvalue weighted by molar-refractivity contribution is -0.137. The average Bonchev–Trinajstić information content (AvgIpc) is 2.77. The minimum Gasteiger partial charge on any atom is -0.258 e. The molecular weight excluding hydrogens is 287 g/mol. The molecule has 8 heteroatoms. The van der Waals surface area contributed by atoms with Crippen LogP contribution in [0.3, 0.4) is 0 Å². The molecule has 1 aliphatic heterocycles. The Kier molecular flexibility index (Phi) is 3.91. The summed E-state index contributed by atoms with van der Waals surface area (Å²) in [4.78, 5) is 4.04. The third-order valence-corrected chi connectivity index (χ3v) is 3.25. The summed E-state index contributed by atoms with van der Waals surface area (Å²) < 4.78 is 37.4. The van der Waals surface area contributed by atoms with Gasteiger partial charge in [0.15, 0.2) is 0 Å². The minimum atomic E-state index is -4.46. The van der Waals surface area contributed by atoms with Gasteiger partial charge >= 0.3 is 6.18 Å². The van der Waals surface area contributed by atoms with E-state index in [4.69, 9.17) is 11.6 Å². The first-order valence-corrected chi connectivity index (χ1v) is 6.29. The van der Waals surface area contributed by atoms with E-state index in [2.05, 4.69) is 15.2 Å². The molecule has 96 valence electrons. The second-order valence-electron chi connectivity index (χ2n) is 3.37. The predicted molar refractivity (Wildman–Crippen MR) is 65.7 cm³/mol. The van der Waals surface area contributed by atoms with E-state index in [1.54, 1.807) is 0 Å². The summed E-state index contributed by atoms with van der Waals surface area (Å²) in [6.45, 7) is 0.687. The SMILES string of the molecule is FC(F)(F)c1ccc(/N=N/C2=NCCS2)cc1Cl. The van der Waals surface area contributed by atoms with Crippen LogP contribution in [-0.2, 0) is 6.18 Å². The molecule has 0 amide bonds. The monoisotopic (exact) mass is 293 g/mol. The van der Waals surface area contributed by atoms with Gasteiger partial charge in [-0.15, -0.1) is 10.2 Å². The fraction of sp³-hybridized carbons (Fsp3) is 0.300. The smallest absolute Gasteiger partial charge is 0.258 e. The Morgan fingerprint density at radius 1 is 1.28 bits per heavy atom. The number of hydrogen-bond acceptors (Lipinski definition) is 4. The summed E-state index contributed by atoms with van der Waals surface area (Å²) in [7, 11) is 0. The van der Waals surface area contributed by atoms with E-state index in [0.717, 1.165) is 17.9 Å². The maximum atomic E-state index is 12.5. The number of alkyl halides is 3. The van der Waals surface area contributed by atoms with Crippen LogP contribution in [0.4, 0.5) is 18.9 Å². The standard InChI is InChI=1S/C10H7ClF3N3S/c11-8-5-6(1-2-7(8)10(12,13)14)16-17-9-15-3-4-18-9/h1-2,5H,3-4H2/b17-16+. The Balaban J connectivity index is 2.19. The molecule has 2 rings (SSSR count). The van der Waals surface area contributed by atoms with Crippen molar-refractivity contribution < 1.29 is 13.2 Å². The van der Waals surface area contributed by atoms with Gasteiger partial charge in [0.2, 0.25) is 5.17 Å². The Bertz CT molecular complexity index is 514. The number of rotatable bonds is 1. The van der Waals surface area contributed by atoms with Gasteiger partial charge < -0.3 is 0 Å². The zero-order valence-electron chi connectivity index (χ0n) is 8.91. The molecule has 0 fully saturated rings. The highest BCUT2D eigenvalue weighted by Gasteiger charge is 2.33. The molecule has 0 aliphatic carbocycles. The number of hydrogen-bond donors (Lipinski definition) is 0. The molecule has 0 saturated heterocycles. The highest BCUT2D eigenvalue weighted by molar-refractivity contribution is 8.14. The second kappa shape index (κ2) is 5.27. The lowest BCUT2D eigenvalue weighted by Crippen LogP contribution is -2.05. The first-order valence-electron chi connectivity index (χ1n) is 4.92. The van der Waals surface area contributed by atoms with E-state index in [1.807, 2.05) is 0 Å². The van der Waals surface area contributed by atoms with Crippen molar-refractivity contribution >= 4 is 34.2 Å². The van der Waals surface area contributed by atoms with E-state index in [9.17, 15) is 13.2 Å². The first-order chi connectivity index (χ1) is 8.47. The van der Waals surface area contributed by atoms with Crippen LogP contribution in [-0.4, -0.2) is 17.5 Å². The van der Waals surface area contributed by atoms with Crippen molar-refractivity contribution in [2.75, 3.05) is 12.3 Å². The van der Waals surface area contributed by atoms with Gasteiger partial charge in [-0.1, -0.05) is 23.4 Å². The molecule has 3 nitrogen and oxygen atoms in total. The van der Waals surface area contributed by atoms with E-state index in [1.165, 1.54) is 17.8 Å². The third-order valence-electron chi connectivity index (χ3n) is 2.08. The van der Waals surface area contributed by atoms with Crippen LogP contribution in [0.2, 0.25) is 5.02 Å². The fourth-order valence-electron chi connectivity index (χ4n) is 1.28. The highest BCUT2D eigenvalue weighted by atomic mass is 35.5. The molecule has 0 atom stereocenters. The number of thioether (sulfide) groups is 1. The van der Waals surface area contributed by atoms with Crippen LogP contribution in [0.15, 0.2) is 33.4 Å². The molecule has 1 aromatic rings. The van der Waals surface area contributed by atoms with Gasteiger partial charge in [-0.3, -0.25) is 4.99 Å². The molecule has 0 saturated carbocycles. The maximum Gasteiger partial charge on any atom is 0.417 e. The van der Waals surface area contributed by atoms with Crippen molar-refractivity contribution in [3.8, 4) is 0 Å². The molecule has 0 unspecified atom stereocenters. The van der Waals surface area contributed by atoms with Gasteiger partial charge in [-0.25, -0.2) is 0 Å². The van der Waals surface area contributed by atoms with E-state index in [0.29, 0.717) is 11.7 Å². The van der Waals surface area contributed by atoms with Gasteiger partial charge in [0.25, 0.3) is 0 Å². The molecule has 1 aliphatic rings. The number of azo groups is 1. The van der Waals surface area contributed by atoms with Crippen LogP contribution >= 0.6 is 23.4 Å². The highest BCUT2D eigenvalue weighted by Crippen LogP contribution is 2.36. The minimum absolute atomic E-state index is 0.267. The van der Waals surface area contributed by atoms with E-state index >= 15 is 0 Å². The van der Waals surface area contributed by atoms with Gasteiger partial charge in [-0.2, -0.15) is 13.2 Å². The van der Waals surface area contributed by atoms with Crippen LogP contribution < -0.4 is 0 Å². The van der Waals surface area contributed by atoms with Gasteiger partial charge in [0, 0.05) is 5.75 Å². The molecule has 0 bridgehead atoms. The van der Waals surface area contributed by atoms with Crippen LogP contribution in [0.1, 0.15) is 5.56 Å². The number of amidine groups is 1. The van der Waals surface area contributed by atoms with E-state index < -0.39 is 11.7 Å².